The summed E-state index contributed by atoms with van der Waals surface area (Å²) in [4.78, 5) is 0. The van der Waals surface area contributed by atoms with E-state index >= 15 is 0 Å². The van der Waals surface area contributed by atoms with E-state index in [0.717, 1.165) is 5.56 Å². The molecular formula is C13H13Cl2FN2. The molecule has 0 amide bonds. The molecule has 0 fully saturated rings. The number of halogens is 3. The highest BCUT2D eigenvalue weighted by Crippen LogP contribution is 2.18. The molecule has 0 aliphatic rings. The topological polar surface area (TPSA) is 29.3 Å². The van der Waals surface area contributed by atoms with E-state index in [9.17, 15) is 4.39 Å². The molecule has 0 saturated carbocycles. The van der Waals surface area contributed by atoms with E-state index in [1.54, 1.807) is 30.3 Å². The van der Waals surface area contributed by atoms with Crippen LogP contribution in [0.5, 0.6) is 0 Å². The number of para-hydroxylation sites is 1. The highest BCUT2D eigenvalue weighted by molar-refractivity contribution is 6.30. The summed E-state index contributed by atoms with van der Waals surface area (Å²) in [5.74, 6) is 5.50. The molecule has 0 bridgehead atoms. The first kappa shape index (κ1) is 14.8. The lowest BCUT2D eigenvalue weighted by Gasteiger charge is -2.19. The minimum Gasteiger partial charge on any atom is -0.304 e. The molecule has 0 aliphatic carbocycles. The molecule has 0 aromatic heterocycles. The first-order valence-electron chi connectivity index (χ1n) is 5.18. The number of anilines is 1. The molecule has 0 atom stereocenters. The Labute approximate surface area is 117 Å². The second kappa shape index (κ2) is 6.59. The Morgan fingerprint density at radius 3 is 2.28 bits per heavy atom. The van der Waals surface area contributed by atoms with Gasteiger partial charge in [-0.1, -0.05) is 35.9 Å². The molecule has 5 heteroatoms. The van der Waals surface area contributed by atoms with Gasteiger partial charge in [0.2, 0.25) is 0 Å². The average Bonchev–Trinajstić information content (AvgIpc) is 2.32. The lowest BCUT2D eigenvalue weighted by molar-refractivity contribution is 0.618. The molecule has 0 unspecified atom stereocenters. The van der Waals surface area contributed by atoms with Gasteiger partial charge in [0.05, 0.1) is 12.2 Å². The summed E-state index contributed by atoms with van der Waals surface area (Å²) in [6.45, 7) is 0.429. The van der Waals surface area contributed by atoms with Crippen molar-refractivity contribution in [3.05, 3.63) is 64.9 Å². The Morgan fingerprint density at radius 1 is 1.06 bits per heavy atom. The third-order valence-corrected chi connectivity index (χ3v) is 2.68. The molecule has 96 valence electrons. The molecule has 2 aromatic carbocycles. The van der Waals surface area contributed by atoms with Crippen molar-refractivity contribution < 1.29 is 4.39 Å². The Hall–Kier alpha value is -1.29. The van der Waals surface area contributed by atoms with Gasteiger partial charge in [0, 0.05) is 5.02 Å². The monoisotopic (exact) mass is 286 g/mol. The van der Waals surface area contributed by atoms with Crippen molar-refractivity contribution in [2.75, 3.05) is 5.01 Å². The Morgan fingerprint density at radius 2 is 1.67 bits per heavy atom. The number of hydrogen-bond acceptors (Lipinski definition) is 2. The minimum atomic E-state index is -0.330. The van der Waals surface area contributed by atoms with E-state index in [-0.39, 0.29) is 18.2 Å². The third-order valence-electron chi connectivity index (χ3n) is 2.43. The van der Waals surface area contributed by atoms with Crippen LogP contribution in [-0.2, 0) is 6.54 Å². The highest BCUT2D eigenvalue weighted by Gasteiger charge is 2.07. The lowest BCUT2D eigenvalue weighted by atomic mass is 10.2. The number of hydrogen-bond donors (Lipinski definition) is 1. The van der Waals surface area contributed by atoms with Crippen LogP contribution in [0.2, 0.25) is 5.02 Å². The summed E-state index contributed by atoms with van der Waals surface area (Å²) in [5.41, 5.74) is 1.35. The summed E-state index contributed by atoms with van der Waals surface area (Å²) in [7, 11) is 0. The van der Waals surface area contributed by atoms with Crippen molar-refractivity contribution >= 4 is 29.7 Å². The lowest BCUT2D eigenvalue weighted by Crippen LogP contribution is -2.30. The molecule has 0 aliphatic heterocycles. The van der Waals surface area contributed by atoms with E-state index in [1.165, 1.54) is 11.1 Å². The van der Waals surface area contributed by atoms with Gasteiger partial charge in [-0.2, -0.15) is 0 Å². The van der Waals surface area contributed by atoms with Gasteiger partial charge in [0.25, 0.3) is 0 Å². The van der Waals surface area contributed by atoms with E-state index < -0.39 is 0 Å². The van der Waals surface area contributed by atoms with Crippen molar-refractivity contribution in [3.63, 3.8) is 0 Å². The minimum absolute atomic E-state index is 0. The van der Waals surface area contributed by atoms with Crippen LogP contribution >= 0.6 is 24.0 Å². The fourth-order valence-corrected chi connectivity index (χ4v) is 1.68. The van der Waals surface area contributed by atoms with E-state index in [4.69, 9.17) is 17.4 Å². The van der Waals surface area contributed by atoms with Crippen molar-refractivity contribution in [3.8, 4) is 0 Å². The molecule has 0 heterocycles. The Bertz CT molecular complexity index is 503. The predicted octanol–water partition coefficient (Wildman–Crippen LogP) is 3.78. The van der Waals surface area contributed by atoms with Gasteiger partial charge in [-0.3, -0.25) is 0 Å². The van der Waals surface area contributed by atoms with Crippen LogP contribution in [0, 0.1) is 5.82 Å². The molecule has 0 radical (unpaired) electrons. The van der Waals surface area contributed by atoms with Gasteiger partial charge in [0.15, 0.2) is 0 Å². The van der Waals surface area contributed by atoms with Crippen molar-refractivity contribution in [2.24, 2.45) is 5.84 Å². The summed E-state index contributed by atoms with van der Waals surface area (Å²) in [6.07, 6.45) is 0. The summed E-state index contributed by atoms with van der Waals surface area (Å²) in [5, 5.41) is 2.04. The van der Waals surface area contributed by atoms with Crippen LogP contribution in [0.1, 0.15) is 5.56 Å². The van der Waals surface area contributed by atoms with Gasteiger partial charge in [-0.15, -0.1) is 12.4 Å². The standard InChI is InChI=1S/C13H12ClFN2.ClH/c14-11-7-5-10(6-8-11)9-17(16)13-4-2-1-3-12(13)15;/h1-8H,9,16H2;1H. The van der Waals surface area contributed by atoms with Crippen LogP contribution in [0.15, 0.2) is 48.5 Å². The molecule has 0 saturated heterocycles. The molecule has 0 spiro atoms. The highest BCUT2D eigenvalue weighted by atomic mass is 35.5. The zero-order valence-electron chi connectivity index (χ0n) is 9.51. The quantitative estimate of drug-likeness (QED) is 0.687. The maximum Gasteiger partial charge on any atom is 0.147 e. The van der Waals surface area contributed by atoms with Crippen LogP contribution in [0.3, 0.4) is 0 Å². The predicted molar refractivity (Wildman–Crippen MR) is 75.5 cm³/mol. The Balaban J connectivity index is 0.00000162. The van der Waals surface area contributed by atoms with Gasteiger partial charge >= 0.3 is 0 Å². The zero-order chi connectivity index (χ0) is 12.3. The van der Waals surface area contributed by atoms with Crippen LogP contribution in [0.25, 0.3) is 0 Å². The summed E-state index contributed by atoms with van der Waals surface area (Å²) in [6, 6.07) is 13.7. The number of benzene rings is 2. The first-order valence-corrected chi connectivity index (χ1v) is 5.56. The smallest absolute Gasteiger partial charge is 0.147 e. The number of nitrogens with two attached hydrogens (primary N) is 1. The van der Waals surface area contributed by atoms with Crippen LogP contribution < -0.4 is 10.9 Å². The zero-order valence-corrected chi connectivity index (χ0v) is 11.1. The van der Waals surface area contributed by atoms with E-state index in [1.807, 2.05) is 12.1 Å². The third kappa shape index (κ3) is 3.60. The first-order chi connectivity index (χ1) is 8.16. The molecule has 18 heavy (non-hydrogen) atoms. The average molecular weight is 287 g/mol. The van der Waals surface area contributed by atoms with Gasteiger partial charge in [-0.05, 0) is 29.8 Å². The van der Waals surface area contributed by atoms with Gasteiger partial charge in [0.1, 0.15) is 5.82 Å². The summed E-state index contributed by atoms with van der Waals surface area (Å²) >= 11 is 5.79. The molecule has 2 nitrogen and oxygen atoms in total. The van der Waals surface area contributed by atoms with Crippen molar-refractivity contribution in [2.45, 2.75) is 6.54 Å². The second-order valence-corrected chi connectivity index (χ2v) is 4.14. The molecular weight excluding hydrogens is 274 g/mol. The van der Waals surface area contributed by atoms with Crippen molar-refractivity contribution in [1.82, 2.24) is 0 Å². The number of rotatable bonds is 3. The summed E-state index contributed by atoms with van der Waals surface area (Å²) < 4.78 is 13.5. The SMILES string of the molecule is Cl.NN(Cc1ccc(Cl)cc1)c1ccccc1F. The molecule has 2 N–H and O–H groups in total. The maximum atomic E-state index is 13.5. The molecule has 2 rings (SSSR count). The van der Waals surface area contributed by atoms with E-state index in [2.05, 4.69) is 0 Å². The van der Waals surface area contributed by atoms with E-state index in [0.29, 0.717) is 17.3 Å². The maximum absolute atomic E-state index is 13.5. The van der Waals surface area contributed by atoms with Gasteiger partial charge < -0.3 is 5.01 Å². The second-order valence-electron chi connectivity index (χ2n) is 3.71. The fraction of sp³-hybridized carbons (Fsp3) is 0.0769. The Kier molecular flexibility index (Phi) is 5.41. The largest absolute Gasteiger partial charge is 0.304 e. The van der Waals surface area contributed by atoms with Crippen molar-refractivity contribution in [1.29, 1.82) is 0 Å². The number of hydrazine groups is 1. The number of nitrogens with zero attached hydrogens (tertiary/aromatic N) is 1. The fourth-order valence-electron chi connectivity index (χ4n) is 1.56. The molecule has 2 aromatic rings. The van der Waals surface area contributed by atoms with Crippen LogP contribution in [0.4, 0.5) is 10.1 Å². The van der Waals surface area contributed by atoms with Crippen LogP contribution in [-0.4, -0.2) is 0 Å². The van der Waals surface area contributed by atoms with Gasteiger partial charge in [-0.25, -0.2) is 10.2 Å². The normalized spacial score (nSPS) is 9.72.